The second kappa shape index (κ2) is 6.16. The standard InChI is InChI=1S/C24H13N5O2/c1-29-18-9-5-4-8-17(18)24(23(29)31)20-19(14-6-2-3-7-15(14)22(20)30)16(12-27)21(28-24)13(10-25)11-26/h2-9,20,28H,1H3/t20-,24-/m1/s1. The van der Waals surface area contributed by atoms with Crippen LogP contribution in [-0.2, 0) is 10.3 Å². The number of likely N-dealkylation sites (N-methyl/N-ethyl adjacent to an activating group) is 1. The van der Waals surface area contributed by atoms with Gasteiger partial charge < -0.3 is 10.2 Å². The summed E-state index contributed by atoms with van der Waals surface area (Å²) >= 11 is 0. The van der Waals surface area contributed by atoms with Crippen LogP contribution in [0.4, 0.5) is 5.69 Å². The molecule has 31 heavy (non-hydrogen) atoms. The van der Waals surface area contributed by atoms with Crippen LogP contribution in [0.5, 0.6) is 0 Å². The average Bonchev–Trinajstić information content (AvgIpc) is 3.21. The number of Topliss-reactive ketones (excluding diaryl/α,β-unsaturated/α-hetero) is 1. The Labute approximate surface area is 177 Å². The Morgan fingerprint density at radius 3 is 2.32 bits per heavy atom. The molecule has 2 heterocycles. The Morgan fingerprint density at radius 1 is 1.00 bits per heavy atom. The molecule has 0 radical (unpaired) electrons. The molecule has 146 valence electrons. The van der Waals surface area contributed by atoms with Gasteiger partial charge in [0.25, 0.3) is 5.91 Å². The van der Waals surface area contributed by atoms with Crippen LogP contribution in [0.25, 0.3) is 5.57 Å². The summed E-state index contributed by atoms with van der Waals surface area (Å²) in [6.45, 7) is 0. The van der Waals surface area contributed by atoms with E-state index in [1.807, 2.05) is 12.1 Å². The van der Waals surface area contributed by atoms with Gasteiger partial charge in [0.1, 0.15) is 18.2 Å². The lowest BCUT2D eigenvalue weighted by molar-refractivity contribution is -0.124. The van der Waals surface area contributed by atoms with Crippen LogP contribution in [0, 0.1) is 39.9 Å². The molecule has 0 fully saturated rings. The number of nitrogens with zero attached hydrogens (tertiary/aromatic N) is 4. The summed E-state index contributed by atoms with van der Waals surface area (Å²) in [6.07, 6.45) is 0. The minimum Gasteiger partial charge on any atom is -0.364 e. The smallest absolute Gasteiger partial charge is 0.258 e. The molecular formula is C24H13N5O2. The van der Waals surface area contributed by atoms with Crippen molar-refractivity contribution in [3.8, 4) is 18.2 Å². The lowest BCUT2D eigenvalue weighted by Gasteiger charge is -2.40. The Morgan fingerprint density at radius 2 is 1.65 bits per heavy atom. The molecule has 0 bridgehead atoms. The molecule has 7 heteroatoms. The topological polar surface area (TPSA) is 121 Å². The quantitative estimate of drug-likeness (QED) is 0.675. The minimum absolute atomic E-state index is 0.0262. The maximum atomic E-state index is 13.7. The zero-order valence-corrected chi connectivity index (χ0v) is 16.3. The van der Waals surface area contributed by atoms with Gasteiger partial charge in [-0.1, -0.05) is 42.5 Å². The number of hydrogen-bond acceptors (Lipinski definition) is 6. The van der Waals surface area contributed by atoms with E-state index in [-0.39, 0.29) is 28.5 Å². The molecule has 1 aliphatic carbocycles. The van der Waals surface area contributed by atoms with Crippen LogP contribution in [0.3, 0.4) is 0 Å². The summed E-state index contributed by atoms with van der Waals surface area (Å²) in [5.74, 6) is -1.67. The molecular weight excluding hydrogens is 390 g/mol. The van der Waals surface area contributed by atoms with Gasteiger partial charge in [0, 0.05) is 23.9 Å². The highest BCUT2D eigenvalue weighted by Crippen LogP contribution is 2.56. The van der Waals surface area contributed by atoms with Crippen molar-refractivity contribution in [2.24, 2.45) is 5.92 Å². The zero-order valence-electron chi connectivity index (χ0n) is 16.3. The third-order valence-electron chi connectivity index (χ3n) is 6.23. The molecule has 2 aromatic carbocycles. The van der Waals surface area contributed by atoms with Crippen molar-refractivity contribution in [1.82, 2.24) is 5.32 Å². The van der Waals surface area contributed by atoms with Crippen molar-refractivity contribution in [3.05, 3.63) is 82.1 Å². The van der Waals surface area contributed by atoms with Gasteiger partial charge in [0.2, 0.25) is 0 Å². The Balaban J connectivity index is 1.97. The number of carbonyl (C=O) groups excluding carboxylic acids is 2. The highest BCUT2D eigenvalue weighted by atomic mass is 16.2. The highest BCUT2D eigenvalue weighted by molar-refractivity contribution is 6.22. The number of allylic oxidation sites excluding steroid dienone is 2. The molecule has 5 rings (SSSR count). The van der Waals surface area contributed by atoms with Gasteiger partial charge in [0.15, 0.2) is 16.9 Å². The summed E-state index contributed by atoms with van der Waals surface area (Å²) < 4.78 is 0. The number of carbonyl (C=O) groups is 2. The van der Waals surface area contributed by atoms with E-state index in [0.29, 0.717) is 28.0 Å². The van der Waals surface area contributed by atoms with E-state index in [4.69, 9.17) is 0 Å². The van der Waals surface area contributed by atoms with E-state index in [2.05, 4.69) is 11.4 Å². The van der Waals surface area contributed by atoms with Crippen molar-refractivity contribution in [2.75, 3.05) is 11.9 Å². The number of hydrogen-bond donors (Lipinski definition) is 1. The molecule has 1 amide bonds. The maximum absolute atomic E-state index is 13.7. The van der Waals surface area contributed by atoms with Gasteiger partial charge in [-0.3, -0.25) is 9.59 Å². The number of nitrogens with one attached hydrogen (secondary N) is 1. The molecule has 0 saturated carbocycles. The second-order valence-electron chi connectivity index (χ2n) is 7.53. The molecule has 1 spiro atoms. The Kier molecular flexibility index (Phi) is 3.65. The molecule has 2 aliphatic heterocycles. The molecule has 1 N–H and O–H groups in total. The summed E-state index contributed by atoms with van der Waals surface area (Å²) in [5.41, 5.74) is 0.640. The van der Waals surface area contributed by atoms with E-state index in [0.717, 1.165) is 0 Å². The number of benzene rings is 2. The van der Waals surface area contributed by atoms with Gasteiger partial charge in [-0.2, -0.15) is 15.8 Å². The zero-order chi connectivity index (χ0) is 21.9. The fourth-order valence-electron chi connectivity index (χ4n) is 4.96. The van der Waals surface area contributed by atoms with Crippen molar-refractivity contribution in [2.45, 2.75) is 5.54 Å². The van der Waals surface area contributed by atoms with Crippen LogP contribution < -0.4 is 10.2 Å². The fraction of sp³-hybridized carbons (Fsp3) is 0.125. The largest absolute Gasteiger partial charge is 0.364 e. The third-order valence-corrected chi connectivity index (χ3v) is 6.23. The number of anilines is 1. The normalized spacial score (nSPS) is 22.8. The van der Waals surface area contributed by atoms with Gasteiger partial charge >= 0.3 is 0 Å². The Hall–Kier alpha value is -4.67. The first kappa shape index (κ1) is 18.4. The second-order valence-corrected chi connectivity index (χ2v) is 7.53. The number of fused-ring (bicyclic) bond motifs is 6. The lowest BCUT2D eigenvalue weighted by Crippen LogP contribution is -2.58. The first-order valence-corrected chi connectivity index (χ1v) is 9.49. The minimum atomic E-state index is -1.56. The molecule has 3 aliphatic rings. The van der Waals surface area contributed by atoms with Crippen LogP contribution in [0.1, 0.15) is 21.5 Å². The van der Waals surface area contributed by atoms with Crippen LogP contribution >= 0.6 is 0 Å². The molecule has 0 saturated heterocycles. The fourth-order valence-corrected chi connectivity index (χ4v) is 4.96. The summed E-state index contributed by atoms with van der Waals surface area (Å²) in [6, 6.07) is 19.7. The number of nitriles is 3. The molecule has 2 aromatic rings. The first-order valence-electron chi connectivity index (χ1n) is 9.49. The average molecular weight is 403 g/mol. The SMILES string of the molecule is CN1C(=O)[C@@]2(NC(=C(C#N)C#N)C(C#N)=C3c4ccccc4C(=O)[C@@H]32)c2ccccc21. The van der Waals surface area contributed by atoms with E-state index < -0.39 is 11.5 Å². The Bertz CT molecular complexity index is 1400. The summed E-state index contributed by atoms with van der Waals surface area (Å²) in [4.78, 5) is 28.8. The third kappa shape index (κ3) is 2.03. The predicted molar refractivity (Wildman–Crippen MR) is 110 cm³/mol. The monoisotopic (exact) mass is 403 g/mol. The first-order chi connectivity index (χ1) is 15.0. The van der Waals surface area contributed by atoms with Crippen LogP contribution in [0.15, 0.2) is 65.4 Å². The van der Waals surface area contributed by atoms with Gasteiger partial charge in [-0.15, -0.1) is 0 Å². The molecule has 7 nitrogen and oxygen atoms in total. The number of rotatable bonds is 0. The molecule has 2 atom stereocenters. The van der Waals surface area contributed by atoms with Gasteiger partial charge in [-0.05, 0) is 17.2 Å². The van der Waals surface area contributed by atoms with Crippen molar-refractivity contribution in [3.63, 3.8) is 0 Å². The van der Waals surface area contributed by atoms with Crippen molar-refractivity contribution >= 4 is 23.0 Å². The van der Waals surface area contributed by atoms with Crippen molar-refractivity contribution < 1.29 is 9.59 Å². The number of amides is 1. The maximum Gasteiger partial charge on any atom is 0.258 e. The summed E-state index contributed by atoms with van der Waals surface area (Å²) in [7, 11) is 1.62. The predicted octanol–water partition coefficient (Wildman–Crippen LogP) is 2.55. The highest BCUT2D eigenvalue weighted by Gasteiger charge is 2.63. The van der Waals surface area contributed by atoms with Crippen LogP contribution in [0.2, 0.25) is 0 Å². The molecule has 0 aromatic heterocycles. The van der Waals surface area contributed by atoms with E-state index in [1.165, 1.54) is 4.90 Å². The molecule has 0 unspecified atom stereocenters. The van der Waals surface area contributed by atoms with Gasteiger partial charge in [-0.25, -0.2) is 0 Å². The number of ketones is 1. The number of para-hydroxylation sites is 1. The van der Waals surface area contributed by atoms with E-state index in [1.54, 1.807) is 55.6 Å². The van der Waals surface area contributed by atoms with Gasteiger partial charge in [0.05, 0.1) is 17.2 Å². The van der Waals surface area contributed by atoms with E-state index >= 15 is 0 Å². The van der Waals surface area contributed by atoms with E-state index in [9.17, 15) is 25.4 Å². The van der Waals surface area contributed by atoms with Crippen molar-refractivity contribution in [1.29, 1.82) is 15.8 Å². The lowest BCUT2D eigenvalue weighted by atomic mass is 9.70. The summed E-state index contributed by atoms with van der Waals surface area (Å²) in [5, 5.41) is 32.2. The van der Waals surface area contributed by atoms with Crippen LogP contribution in [-0.4, -0.2) is 18.7 Å².